The summed E-state index contributed by atoms with van der Waals surface area (Å²) >= 11 is 0. The van der Waals surface area contributed by atoms with Crippen molar-refractivity contribution >= 4 is 11.9 Å². The highest BCUT2D eigenvalue weighted by atomic mass is 19.4. The van der Waals surface area contributed by atoms with Crippen molar-refractivity contribution in [3.05, 3.63) is 71.1 Å². The van der Waals surface area contributed by atoms with Crippen LogP contribution in [0.2, 0.25) is 0 Å². The van der Waals surface area contributed by atoms with Crippen molar-refractivity contribution in [2.45, 2.75) is 31.5 Å². The topological polar surface area (TPSA) is 73.9 Å². The SMILES string of the molecule is CCOC(=O)C(c1ccc(OC)c(OC)c1)C1C=CC(NC(=O)c2ccc(F)cc2C(F)(F)F)C1. The van der Waals surface area contributed by atoms with E-state index in [1.165, 1.54) is 14.2 Å². The first-order valence-corrected chi connectivity index (χ1v) is 10.8. The van der Waals surface area contributed by atoms with Crippen molar-refractivity contribution in [1.82, 2.24) is 5.32 Å². The Morgan fingerprint density at radius 1 is 1.06 bits per heavy atom. The number of rotatable bonds is 8. The number of carbonyl (C=O) groups is 2. The summed E-state index contributed by atoms with van der Waals surface area (Å²) < 4.78 is 69.1. The van der Waals surface area contributed by atoms with E-state index in [1.54, 1.807) is 37.3 Å². The number of esters is 1. The van der Waals surface area contributed by atoms with Gasteiger partial charge in [-0.05, 0) is 55.2 Å². The van der Waals surface area contributed by atoms with Gasteiger partial charge in [0, 0.05) is 6.04 Å². The van der Waals surface area contributed by atoms with Gasteiger partial charge in [0.2, 0.25) is 0 Å². The van der Waals surface area contributed by atoms with E-state index in [9.17, 15) is 27.2 Å². The van der Waals surface area contributed by atoms with E-state index < -0.39 is 52.9 Å². The highest BCUT2D eigenvalue weighted by Crippen LogP contribution is 2.38. The molecule has 0 radical (unpaired) electrons. The number of hydrogen-bond donors (Lipinski definition) is 1. The molecule has 3 unspecified atom stereocenters. The van der Waals surface area contributed by atoms with Gasteiger partial charge in [0.05, 0.1) is 37.9 Å². The molecule has 3 atom stereocenters. The number of ether oxygens (including phenoxy) is 3. The van der Waals surface area contributed by atoms with Crippen molar-refractivity contribution in [2.75, 3.05) is 20.8 Å². The molecular weight excluding hydrogens is 470 g/mol. The van der Waals surface area contributed by atoms with Gasteiger partial charge in [0.1, 0.15) is 5.82 Å². The number of allylic oxidation sites excluding steroid dienone is 1. The minimum Gasteiger partial charge on any atom is -0.493 e. The summed E-state index contributed by atoms with van der Waals surface area (Å²) in [6.45, 7) is 1.84. The van der Waals surface area contributed by atoms with Crippen molar-refractivity contribution in [1.29, 1.82) is 0 Å². The van der Waals surface area contributed by atoms with Crippen molar-refractivity contribution in [2.24, 2.45) is 5.92 Å². The molecule has 3 rings (SSSR count). The van der Waals surface area contributed by atoms with Crippen molar-refractivity contribution < 1.29 is 41.4 Å². The number of amides is 1. The zero-order valence-electron chi connectivity index (χ0n) is 19.3. The van der Waals surface area contributed by atoms with Crippen molar-refractivity contribution in [3.63, 3.8) is 0 Å². The molecular formula is C25H25F4NO5. The molecule has 0 saturated carbocycles. The fraction of sp³-hybridized carbons (Fsp3) is 0.360. The summed E-state index contributed by atoms with van der Waals surface area (Å²) in [4.78, 5) is 25.5. The lowest BCUT2D eigenvalue weighted by Crippen LogP contribution is -2.35. The highest BCUT2D eigenvalue weighted by Gasteiger charge is 2.38. The van der Waals surface area contributed by atoms with Crippen LogP contribution in [-0.2, 0) is 15.7 Å². The quantitative estimate of drug-likeness (QED) is 0.321. The van der Waals surface area contributed by atoms with Gasteiger partial charge in [-0.15, -0.1) is 0 Å². The van der Waals surface area contributed by atoms with Gasteiger partial charge >= 0.3 is 12.1 Å². The van der Waals surface area contributed by atoms with E-state index in [4.69, 9.17) is 14.2 Å². The molecule has 1 amide bonds. The number of halogens is 4. The second-order valence-electron chi connectivity index (χ2n) is 7.90. The minimum absolute atomic E-state index is 0.157. The lowest BCUT2D eigenvalue weighted by Gasteiger charge is -2.23. The van der Waals surface area contributed by atoms with E-state index in [-0.39, 0.29) is 19.1 Å². The third kappa shape index (κ3) is 5.93. The van der Waals surface area contributed by atoms with Crippen molar-refractivity contribution in [3.8, 4) is 11.5 Å². The smallest absolute Gasteiger partial charge is 0.417 e. The molecule has 0 spiro atoms. The first-order valence-electron chi connectivity index (χ1n) is 10.8. The maximum absolute atomic E-state index is 13.4. The average molecular weight is 495 g/mol. The average Bonchev–Trinajstić information content (AvgIpc) is 3.26. The summed E-state index contributed by atoms with van der Waals surface area (Å²) in [5.74, 6) is -2.84. The van der Waals surface area contributed by atoms with E-state index in [2.05, 4.69) is 5.32 Å². The predicted octanol–water partition coefficient (Wildman–Crippen LogP) is 4.88. The summed E-state index contributed by atoms with van der Waals surface area (Å²) in [6.07, 6.45) is -1.32. The number of alkyl halides is 3. The zero-order chi connectivity index (χ0) is 25.8. The molecule has 6 nitrogen and oxygen atoms in total. The standard InChI is InChI=1S/C25H25F4NO5/c1-4-35-24(32)22(15-6-10-20(33-2)21(12-15)34-3)14-5-8-17(11-14)30-23(31)18-9-7-16(26)13-19(18)25(27,28)29/h5-10,12-14,17,22H,4,11H2,1-3H3,(H,30,31). The van der Waals surface area contributed by atoms with Crippen LogP contribution in [0.15, 0.2) is 48.6 Å². The van der Waals surface area contributed by atoms with Gasteiger partial charge in [0.25, 0.3) is 5.91 Å². The van der Waals surface area contributed by atoms with Crippen LogP contribution in [0.1, 0.15) is 40.7 Å². The summed E-state index contributed by atoms with van der Waals surface area (Å²) in [5.41, 5.74) is -1.44. The van der Waals surface area contributed by atoms with Crippen LogP contribution < -0.4 is 14.8 Å². The van der Waals surface area contributed by atoms with E-state index in [0.29, 0.717) is 17.1 Å². The lowest BCUT2D eigenvalue weighted by molar-refractivity contribution is -0.146. The minimum atomic E-state index is -4.90. The maximum atomic E-state index is 13.4. The molecule has 188 valence electrons. The Kier molecular flexibility index (Phi) is 8.03. The zero-order valence-corrected chi connectivity index (χ0v) is 19.3. The van der Waals surface area contributed by atoms with Gasteiger partial charge in [-0.25, -0.2) is 4.39 Å². The molecule has 0 saturated heterocycles. The number of hydrogen-bond acceptors (Lipinski definition) is 5. The molecule has 2 aromatic rings. The van der Waals surface area contributed by atoms with E-state index in [0.717, 1.165) is 12.1 Å². The van der Waals surface area contributed by atoms with Crippen LogP contribution in [0.5, 0.6) is 11.5 Å². The summed E-state index contributed by atoms with van der Waals surface area (Å²) in [6, 6.07) is 6.27. The third-order valence-electron chi connectivity index (χ3n) is 5.70. The summed E-state index contributed by atoms with van der Waals surface area (Å²) in [7, 11) is 2.95. The van der Waals surface area contributed by atoms with Crippen LogP contribution in [0.4, 0.5) is 17.6 Å². The second-order valence-corrected chi connectivity index (χ2v) is 7.90. The second kappa shape index (κ2) is 10.8. The van der Waals surface area contributed by atoms with Crippen LogP contribution in [-0.4, -0.2) is 38.7 Å². The number of methoxy groups -OCH3 is 2. The largest absolute Gasteiger partial charge is 0.493 e. The Balaban J connectivity index is 1.82. The molecule has 35 heavy (non-hydrogen) atoms. The monoisotopic (exact) mass is 495 g/mol. The molecule has 0 aliphatic heterocycles. The van der Waals surface area contributed by atoms with Crippen LogP contribution >= 0.6 is 0 Å². The lowest BCUT2D eigenvalue weighted by atomic mass is 9.85. The molecule has 0 aromatic heterocycles. The number of carbonyl (C=O) groups excluding carboxylic acids is 2. The Bertz CT molecular complexity index is 1120. The molecule has 10 heteroatoms. The normalized spacial score (nSPS) is 18.1. The first kappa shape index (κ1) is 26.1. The Morgan fingerprint density at radius 3 is 2.40 bits per heavy atom. The molecule has 0 bridgehead atoms. The Hall–Kier alpha value is -3.56. The van der Waals surface area contributed by atoms with Gasteiger partial charge in [-0.3, -0.25) is 9.59 Å². The van der Waals surface area contributed by atoms with E-state index >= 15 is 0 Å². The maximum Gasteiger partial charge on any atom is 0.417 e. The molecule has 2 aromatic carbocycles. The molecule has 0 heterocycles. The molecule has 1 aliphatic carbocycles. The Labute approximate surface area is 199 Å². The van der Waals surface area contributed by atoms with Crippen LogP contribution in [0.25, 0.3) is 0 Å². The van der Waals surface area contributed by atoms with Gasteiger partial charge in [-0.1, -0.05) is 18.2 Å². The van der Waals surface area contributed by atoms with Gasteiger partial charge < -0.3 is 19.5 Å². The molecule has 1 aliphatic rings. The van der Waals surface area contributed by atoms with Gasteiger partial charge in [0.15, 0.2) is 11.5 Å². The highest BCUT2D eigenvalue weighted by molar-refractivity contribution is 5.96. The number of nitrogens with one attached hydrogen (secondary N) is 1. The van der Waals surface area contributed by atoms with E-state index in [1.807, 2.05) is 0 Å². The van der Waals surface area contributed by atoms with Crippen LogP contribution in [0.3, 0.4) is 0 Å². The molecule has 1 N–H and O–H groups in total. The molecule has 0 fully saturated rings. The van der Waals surface area contributed by atoms with Crippen LogP contribution in [0, 0.1) is 11.7 Å². The predicted molar refractivity (Wildman–Crippen MR) is 119 cm³/mol. The first-order chi connectivity index (χ1) is 16.6. The summed E-state index contributed by atoms with van der Waals surface area (Å²) in [5, 5.41) is 2.53. The van der Waals surface area contributed by atoms with Gasteiger partial charge in [-0.2, -0.15) is 13.2 Å². The fourth-order valence-electron chi connectivity index (χ4n) is 4.11. The fourth-order valence-corrected chi connectivity index (χ4v) is 4.11. The third-order valence-corrected chi connectivity index (χ3v) is 5.70. The number of benzene rings is 2. The Morgan fingerprint density at radius 2 is 1.77 bits per heavy atom.